The van der Waals surface area contributed by atoms with Crippen molar-refractivity contribution in [3.63, 3.8) is 0 Å². The molecule has 1 amide bonds. The summed E-state index contributed by atoms with van der Waals surface area (Å²) in [6, 6.07) is 6.37. The van der Waals surface area contributed by atoms with Crippen LogP contribution in [0.5, 0.6) is 0 Å². The maximum atomic E-state index is 12.9. The molecule has 2 rings (SSSR count). The summed E-state index contributed by atoms with van der Waals surface area (Å²) in [7, 11) is 0. The SMILES string of the molecule is CC1CCCC(N)(C(=O)NC(C)Cc2ccc(F)cc2)C1. The minimum Gasteiger partial charge on any atom is -0.352 e. The van der Waals surface area contributed by atoms with Crippen LogP contribution in [0.25, 0.3) is 0 Å². The number of carbonyl (C=O) groups excluding carboxylic acids is 1. The first-order valence-corrected chi connectivity index (χ1v) is 7.73. The zero-order valence-corrected chi connectivity index (χ0v) is 12.9. The molecule has 1 fully saturated rings. The first-order chi connectivity index (χ1) is 9.89. The fourth-order valence-corrected chi connectivity index (χ4v) is 3.19. The van der Waals surface area contributed by atoms with Gasteiger partial charge in [0, 0.05) is 6.04 Å². The zero-order valence-electron chi connectivity index (χ0n) is 12.9. The highest BCUT2D eigenvalue weighted by Gasteiger charge is 2.38. The number of hydrogen-bond donors (Lipinski definition) is 2. The Kier molecular flexibility index (Phi) is 4.99. The number of amides is 1. The molecule has 0 radical (unpaired) electrons. The molecule has 1 saturated carbocycles. The number of nitrogens with two attached hydrogens (primary N) is 1. The summed E-state index contributed by atoms with van der Waals surface area (Å²) in [6.07, 6.45) is 4.35. The van der Waals surface area contributed by atoms with Gasteiger partial charge in [0.2, 0.25) is 5.91 Å². The van der Waals surface area contributed by atoms with E-state index in [2.05, 4.69) is 12.2 Å². The van der Waals surface area contributed by atoms with E-state index in [4.69, 9.17) is 5.73 Å². The second-order valence-electron chi connectivity index (χ2n) is 6.56. The monoisotopic (exact) mass is 292 g/mol. The van der Waals surface area contributed by atoms with Gasteiger partial charge < -0.3 is 11.1 Å². The average molecular weight is 292 g/mol. The number of benzene rings is 1. The van der Waals surface area contributed by atoms with Crippen LogP contribution in [-0.4, -0.2) is 17.5 Å². The lowest BCUT2D eigenvalue weighted by atomic mass is 9.76. The maximum Gasteiger partial charge on any atom is 0.240 e. The van der Waals surface area contributed by atoms with Crippen molar-refractivity contribution < 1.29 is 9.18 Å². The molecule has 1 aromatic rings. The molecule has 0 heterocycles. The molecule has 0 spiro atoms. The largest absolute Gasteiger partial charge is 0.352 e. The lowest BCUT2D eigenvalue weighted by molar-refractivity contribution is -0.128. The van der Waals surface area contributed by atoms with Crippen LogP contribution >= 0.6 is 0 Å². The van der Waals surface area contributed by atoms with Crippen LogP contribution in [0.3, 0.4) is 0 Å². The van der Waals surface area contributed by atoms with Crippen molar-refractivity contribution in [3.05, 3.63) is 35.6 Å². The van der Waals surface area contributed by atoms with Gasteiger partial charge in [0.05, 0.1) is 5.54 Å². The molecule has 0 saturated heterocycles. The molecule has 0 aliphatic heterocycles. The molecular weight excluding hydrogens is 267 g/mol. The third kappa shape index (κ3) is 4.27. The van der Waals surface area contributed by atoms with Crippen LogP contribution in [-0.2, 0) is 11.2 Å². The smallest absolute Gasteiger partial charge is 0.240 e. The zero-order chi connectivity index (χ0) is 15.5. The molecule has 3 N–H and O–H groups in total. The highest BCUT2D eigenvalue weighted by molar-refractivity contribution is 5.86. The molecule has 1 aromatic carbocycles. The molecule has 3 atom stereocenters. The van der Waals surface area contributed by atoms with E-state index < -0.39 is 5.54 Å². The predicted molar refractivity (Wildman–Crippen MR) is 82.3 cm³/mol. The Morgan fingerprint density at radius 3 is 2.76 bits per heavy atom. The summed E-state index contributed by atoms with van der Waals surface area (Å²) in [6.45, 7) is 4.10. The minimum absolute atomic E-state index is 0.0133. The summed E-state index contributed by atoms with van der Waals surface area (Å²) < 4.78 is 12.9. The van der Waals surface area contributed by atoms with Gasteiger partial charge in [0.25, 0.3) is 0 Å². The van der Waals surface area contributed by atoms with Crippen molar-refractivity contribution in [1.82, 2.24) is 5.32 Å². The number of nitrogens with one attached hydrogen (secondary N) is 1. The Balaban J connectivity index is 1.91. The number of halogens is 1. The fraction of sp³-hybridized carbons (Fsp3) is 0.588. The molecule has 3 nitrogen and oxygen atoms in total. The van der Waals surface area contributed by atoms with Gasteiger partial charge in [-0.2, -0.15) is 0 Å². The van der Waals surface area contributed by atoms with Crippen LogP contribution in [0, 0.1) is 11.7 Å². The van der Waals surface area contributed by atoms with Crippen LogP contribution in [0.4, 0.5) is 4.39 Å². The first-order valence-electron chi connectivity index (χ1n) is 7.73. The molecule has 0 aromatic heterocycles. The molecule has 1 aliphatic carbocycles. The summed E-state index contributed by atoms with van der Waals surface area (Å²) in [5, 5.41) is 3.02. The number of hydrogen-bond acceptors (Lipinski definition) is 2. The molecule has 0 bridgehead atoms. The molecular formula is C17H25FN2O. The van der Waals surface area contributed by atoms with Gasteiger partial charge >= 0.3 is 0 Å². The van der Waals surface area contributed by atoms with E-state index in [0.29, 0.717) is 12.3 Å². The second kappa shape index (κ2) is 6.56. The normalized spacial score (nSPS) is 27.1. The van der Waals surface area contributed by atoms with Crippen LogP contribution < -0.4 is 11.1 Å². The van der Waals surface area contributed by atoms with Crippen LogP contribution in [0.2, 0.25) is 0 Å². The van der Waals surface area contributed by atoms with Crippen molar-refractivity contribution >= 4 is 5.91 Å². The second-order valence-corrected chi connectivity index (χ2v) is 6.56. The van der Waals surface area contributed by atoms with E-state index in [1.807, 2.05) is 6.92 Å². The minimum atomic E-state index is -0.727. The molecule has 4 heteroatoms. The summed E-state index contributed by atoms with van der Waals surface area (Å²) in [5.74, 6) is 0.207. The van der Waals surface area contributed by atoms with E-state index >= 15 is 0 Å². The quantitative estimate of drug-likeness (QED) is 0.896. The van der Waals surface area contributed by atoms with Gasteiger partial charge in [0.15, 0.2) is 0 Å². The van der Waals surface area contributed by atoms with Gasteiger partial charge in [-0.05, 0) is 49.8 Å². The van der Waals surface area contributed by atoms with Crippen LogP contribution in [0.1, 0.15) is 45.1 Å². The van der Waals surface area contributed by atoms with E-state index in [0.717, 1.165) is 31.2 Å². The van der Waals surface area contributed by atoms with E-state index in [1.54, 1.807) is 12.1 Å². The highest BCUT2D eigenvalue weighted by Crippen LogP contribution is 2.30. The predicted octanol–water partition coefficient (Wildman–Crippen LogP) is 2.78. The third-order valence-corrected chi connectivity index (χ3v) is 4.32. The van der Waals surface area contributed by atoms with E-state index in [-0.39, 0.29) is 17.8 Å². The lowest BCUT2D eigenvalue weighted by Crippen LogP contribution is -2.58. The Bertz CT molecular complexity index is 488. The van der Waals surface area contributed by atoms with Gasteiger partial charge in [0.1, 0.15) is 5.82 Å². The molecule has 1 aliphatic rings. The summed E-state index contributed by atoms with van der Waals surface area (Å²) in [5.41, 5.74) is 6.57. The Hall–Kier alpha value is -1.42. The first kappa shape index (κ1) is 16.0. The van der Waals surface area contributed by atoms with Crippen molar-refractivity contribution in [3.8, 4) is 0 Å². The van der Waals surface area contributed by atoms with Gasteiger partial charge in [-0.25, -0.2) is 4.39 Å². The number of carbonyl (C=O) groups is 1. The third-order valence-electron chi connectivity index (χ3n) is 4.32. The van der Waals surface area contributed by atoms with Gasteiger partial charge in [-0.3, -0.25) is 4.79 Å². The lowest BCUT2D eigenvalue weighted by Gasteiger charge is -2.36. The Labute approximate surface area is 126 Å². The molecule has 116 valence electrons. The summed E-state index contributed by atoms with van der Waals surface area (Å²) in [4.78, 5) is 12.4. The topological polar surface area (TPSA) is 55.1 Å². The average Bonchev–Trinajstić information content (AvgIpc) is 2.41. The molecule has 21 heavy (non-hydrogen) atoms. The van der Waals surface area contributed by atoms with E-state index in [1.165, 1.54) is 12.1 Å². The maximum absolute atomic E-state index is 12.9. The van der Waals surface area contributed by atoms with Crippen molar-refractivity contribution in [2.24, 2.45) is 11.7 Å². The van der Waals surface area contributed by atoms with Crippen molar-refractivity contribution in [2.75, 3.05) is 0 Å². The highest BCUT2D eigenvalue weighted by atomic mass is 19.1. The Morgan fingerprint density at radius 1 is 1.48 bits per heavy atom. The van der Waals surface area contributed by atoms with Crippen molar-refractivity contribution in [2.45, 2.75) is 57.5 Å². The van der Waals surface area contributed by atoms with Gasteiger partial charge in [-0.1, -0.05) is 31.9 Å². The molecule has 3 unspecified atom stereocenters. The Morgan fingerprint density at radius 2 is 2.14 bits per heavy atom. The summed E-state index contributed by atoms with van der Waals surface area (Å²) >= 11 is 0. The standard InChI is InChI=1S/C17H25FN2O/c1-12-4-3-9-17(19,11-12)16(21)20-13(2)10-14-5-7-15(18)8-6-14/h5-8,12-13H,3-4,9-11,19H2,1-2H3,(H,20,21). The fourth-order valence-electron chi connectivity index (χ4n) is 3.19. The number of rotatable bonds is 4. The van der Waals surface area contributed by atoms with Crippen molar-refractivity contribution in [1.29, 1.82) is 0 Å². The van der Waals surface area contributed by atoms with Crippen LogP contribution in [0.15, 0.2) is 24.3 Å². The van der Waals surface area contributed by atoms with Gasteiger partial charge in [-0.15, -0.1) is 0 Å². The van der Waals surface area contributed by atoms with E-state index in [9.17, 15) is 9.18 Å².